The molecule has 5 rings (SSSR count). The first-order valence-electron chi connectivity index (χ1n) is 9.88. The number of aromatic nitrogens is 3. The molecule has 2 heterocycles. The van der Waals surface area contributed by atoms with Crippen LogP contribution in [-0.4, -0.2) is 26.3 Å². The van der Waals surface area contributed by atoms with E-state index in [4.69, 9.17) is 0 Å². The summed E-state index contributed by atoms with van der Waals surface area (Å²) in [5.74, 6) is 1.32. The molecule has 1 aromatic carbocycles. The van der Waals surface area contributed by atoms with Crippen molar-refractivity contribution in [1.82, 2.24) is 19.5 Å². The minimum Gasteiger partial charge on any atom is -0.335 e. The van der Waals surface area contributed by atoms with Crippen LogP contribution in [0.4, 0.5) is 10.5 Å². The van der Waals surface area contributed by atoms with E-state index in [1.165, 1.54) is 34.8 Å². The number of pyridine rings is 1. The lowest BCUT2D eigenvalue weighted by molar-refractivity contribution is 0.245. The Hall–Kier alpha value is -3.09. The Bertz CT molecular complexity index is 1070. The molecule has 3 aromatic rings. The molecule has 7 nitrogen and oxygen atoms in total. The Kier molecular flexibility index (Phi) is 4.15. The molecule has 0 bridgehead atoms. The van der Waals surface area contributed by atoms with Crippen molar-refractivity contribution in [3.8, 4) is 0 Å². The van der Waals surface area contributed by atoms with E-state index < -0.39 is 0 Å². The maximum atomic E-state index is 12.4. The van der Waals surface area contributed by atoms with Gasteiger partial charge in [0, 0.05) is 17.9 Å². The van der Waals surface area contributed by atoms with Crippen LogP contribution in [-0.2, 0) is 6.54 Å². The average molecular weight is 377 g/mol. The van der Waals surface area contributed by atoms with Crippen molar-refractivity contribution < 1.29 is 4.79 Å². The van der Waals surface area contributed by atoms with Gasteiger partial charge >= 0.3 is 11.7 Å². The number of urea groups is 1. The van der Waals surface area contributed by atoms with Crippen molar-refractivity contribution in [2.24, 2.45) is 11.8 Å². The third-order valence-electron chi connectivity index (χ3n) is 5.56. The fraction of sp³-hybridized carbons (Fsp3) is 0.381. The molecule has 0 aliphatic heterocycles. The molecular weight excluding hydrogens is 354 g/mol. The Balaban J connectivity index is 1.28. The average Bonchev–Trinajstić information content (AvgIpc) is 3.60. The molecule has 2 aromatic heterocycles. The van der Waals surface area contributed by atoms with E-state index in [1.54, 1.807) is 18.3 Å². The van der Waals surface area contributed by atoms with E-state index in [1.807, 2.05) is 30.3 Å². The van der Waals surface area contributed by atoms with E-state index in [2.05, 4.69) is 15.7 Å². The molecule has 0 saturated heterocycles. The summed E-state index contributed by atoms with van der Waals surface area (Å²) < 4.78 is 2.95. The maximum Gasteiger partial charge on any atom is 0.350 e. The number of carbonyl (C=O) groups excluding carboxylic acids is 1. The van der Waals surface area contributed by atoms with Gasteiger partial charge in [-0.15, -0.1) is 5.10 Å². The molecule has 2 N–H and O–H groups in total. The Morgan fingerprint density at radius 2 is 1.89 bits per heavy atom. The minimum absolute atomic E-state index is 0.147. The van der Waals surface area contributed by atoms with Gasteiger partial charge < -0.3 is 10.6 Å². The number of nitrogens with zero attached hydrogens (tertiary/aromatic N) is 3. The number of benzene rings is 1. The van der Waals surface area contributed by atoms with E-state index in [0.717, 1.165) is 11.3 Å². The molecule has 0 spiro atoms. The quantitative estimate of drug-likeness (QED) is 0.693. The van der Waals surface area contributed by atoms with Gasteiger partial charge in [-0.2, -0.15) is 0 Å². The monoisotopic (exact) mass is 377 g/mol. The lowest BCUT2D eigenvalue weighted by atomic mass is 10.1. The van der Waals surface area contributed by atoms with Crippen LogP contribution in [0.1, 0.15) is 31.2 Å². The fourth-order valence-corrected chi connectivity index (χ4v) is 3.84. The molecule has 2 saturated carbocycles. The van der Waals surface area contributed by atoms with Gasteiger partial charge in [-0.1, -0.05) is 18.2 Å². The topological polar surface area (TPSA) is 80.4 Å². The van der Waals surface area contributed by atoms with Crippen molar-refractivity contribution in [3.63, 3.8) is 0 Å². The summed E-state index contributed by atoms with van der Waals surface area (Å²) in [6, 6.07) is 13.2. The van der Waals surface area contributed by atoms with Crippen LogP contribution in [0.3, 0.4) is 0 Å². The molecular formula is C21H23N5O2. The molecule has 144 valence electrons. The van der Waals surface area contributed by atoms with Gasteiger partial charge in [0.25, 0.3) is 0 Å². The van der Waals surface area contributed by atoms with E-state index in [0.29, 0.717) is 30.1 Å². The van der Waals surface area contributed by atoms with Gasteiger partial charge in [0.2, 0.25) is 0 Å². The second-order valence-corrected chi connectivity index (χ2v) is 7.87. The fourth-order valence-electron chi connectivity index (χ4n) is 3.84. The summed E-state index contributed by atoms with van der Waals surface area (Å²) in [6.45, 7) is 0.352. The van der Waals surface area contributed by atoms with Gasteiger partial charge in [-0.05, 0) is 67.3 Å². The molecule has 2 amide bonds. The van der Waals surface area contributed by atoms with Crippen molar-refractivity contribution in [2.75, 3.05) is 5.32 Å². The lowest BCUT2D eigenvalue weighted by Gasteiger charge is -2.18. The largest absolute Gasteiger partial charge is 0.350 e. The molecule has 7 heteroatoms. The molecule has 2 fully saturated rings. The number of rotatable bonds is 6. The highest BCUT2D eigenvalue weighted by Crippen LogP contribution is 2.44. The summed E-state index contributed by atoms with van der Waals surface area (Å²) in [6.07, 6.45) is 6.62. The second-order valence-electron chi connectivity index (χ2n) is 7.87. The van der Waals surface area contributed by atoms with Crippen LogP contribution < -0.4 is 16.3 Å². The highest BCUT2D eigenvalue weighted by atomic mass is 16.2. The molecule has 2 aliphatic rings. The highest BCUT2D eigenvalue weighted by Gasteiger charge is 2.42. The predicted molar refractivity (Wildman–Crippen MR) is 106 cm³/mol. The SMILES string of the molecule is O=C(Nc1cccc(Cn2nc3ccccn3c2=O)c1)NC(C1CC1)C1CC1. The Labute approximate surface area is 162 Å². The molecule has 0 atom stereocenters. The summed E-state index contributed by atoms with van der Waals surface area (Å²) in [5, 5.41) is 10.5. The van der Waals surface area contributed by atoms with Crippen molar-refractivity contribution in [3.05, 3.63) is 64.7 Å². The summed E-state index contributed by atoms with van der Waals surface area (Å²) in [4.78, 5) is 24.9. The van der Waals surface area contributed by atoms with Gasteiger partial charge in [0.15, 0.2) is 5.65 Å². The number of fused-ring (bicyclic) bond motifs is 1. The van der Waals surface area contributed by atoms with Crippen LogP contribution in [0.25, 0.3) is 5.65 Å². The van der Waals surface area contributed by atoms with Crippen LogP contribution in [0.15, 0.2) is 53.5 Å². The third kappa shape index (κ3) is 3.52. The van der Waals surface area contributed by atoms with Crippen molar-refractivity contribution in [1.29, 1.82) is 0 Å². The maximum absolute atomic E-state index is 12.4. The summed E-state index contributed by atoms with van der Waals surface area (Å²) in [7, 11) is 0. The van der Waals surface area contributed by atoms with Crippen LogP contribution in [0.2, 0.25) is 0 Å². The second kappa shape index (κ2) is 6.82. The summed E-state index contributed by atoms with van der Waals surface area (Å²) >= 11 is 0. The Morgan fingerprint density at radius 3 is 2.61 bits per heavy atom. The van der Waals surface area contributed by atoms with Crippen LogP contribution >= 0.6 is 0 Å². The summed E-state index contributed by atoms with van der Waals surface area (Å²) in [5.41, 5.74) is 2.07. The first kappa shape index (κ1) is 17.0. The lowest BCUT2D eigenvalue weighted by Crippen LogP contribution is -2.40. The Morgan fingerprint density at radius 1 is 1.11 bits per heavy atom. The van der Waals surface area contributed by atoms with Gasteiger partial charge in [-0.25, -0.2) is 14.3 Å². The zero-order valence-electron chi connectivity index (χ0n) is 15.5. The minimum atomic E-state index is -0.177. The molecule has 28 heavy (non-hydrogen) atoms. The zero-order chi connectivity index (χ0) is 19.1. The third-order valence-corrected chi connectivity index (χ3v) is 5.56. The van der Waals surface area contributed by atoms with E-state index in [-0.39, 0.29) is 11.7 Å². The molecule has 0 radical (unpaired) electrons. The standard InChI is InChI=1S/C21H23N5O2/c27-20(23-19(15-7-8-15)16-9-10-16)22-17-5-3-4-14(12-17)13-26-21(28)25-11-2-1-6-18(25)24-26/h1-6,11-12,15-16,19H,7-10,13H2,(H2,22,23,27). The van der Waals surface area contributed by atoms with Crippen molar-refractivity contribution in [2.45, 2.75) is 38.3 Å². The predicted octanol–water partition coefficient (Wildman–Crippen LogP) is 2.85. The first-order valence-corrected chi connectivity index (χ1v) is 9.88. The van der Waals surface area contributed by atoms with Crippen LogP contribution in [0.5, 0.6) is 0 Å². The van der Waals surface area contributed by atoms with Crippen molar-refractivity contribution >= 4 is 17.4 Å². The number of hydrogen-bond donors (Lipinski definition) is 2. The molecule has 0 unspecified atom stereocenters. The first-order chi connectivity index (χ1) is 13.7. The number of hydrogen-bond acceptors (Lipinski definition) is 3. The smallest absolute Gasteiger partial charge is 0.335 e. The zero-order valence-corrected chi connectivity index (χ0v) is 15.5. The normalized spacial score (nSPS) is 16.5. The molecule has 2 aliphatic carbocycles. The van der Waals surface area contributed by atoms with Gasteiger partial charge in [0.1, 0.15) is 0 Å². The number of amides is 2. The van der Waals surface area contributed by atoms with Gasteiger partial charge in [-0.3, -0.25) is 4.40 Å². The number of carbonyl (C=O) groups is 1. The van der Waals surface area contributed by atoms with Crippen LogP contribution in [0, 0.1) is 11.8 Å². The van der Waals surface area contributed by atoms with Gasteiger partial charge in [0.05, 0.1) is 6.54 Å². The number of nitrogens with one attached hydrogen (secondary N) is 2. The van der Waals surface area contributed by atoms with E-state index in [9.17, 15) is 9.59 Å². The number of anilines is 1. The highest BCUT2D eigenvalue weighted by molar-refractivity contribution is 5.89. The van der Waals surface area contributed by atoms with E-state index >= 15 is 0 Å².